The molecule has 0 bridgehead atoms. The summed E-state index contributed by atoms with van der Waals surface area (Å²) in [6.07, 6.45) is 2.32. The Balaban J connectivity index is 2.25. The first kappa shape index (κ1) is 12.4. The van der Waals surface area contributed by atoms with Crippen molar-refractivity contribution in [1.29, 1.82) is 0 Å². The summed E-state index contributed by atoms with van der Waals surface area (Å²) in [6.45, 7) is 2.13. The molecule has 1 rings (SSSR count). The number of nitrogens with zero attached hydrogens (tertiary/aromatic N) is 1. The Bertz CT molecular complexity index is 207. The molecule has 1 saturated carbocycles. The first-order chi connectivity index (χ1) is 7.13. The molecule has 1 amide bonds. The highest BCUT2D eigenvalue weighted by Crippen LogP contribution is 2.19. The van der Waals surface area contributed by atoms with E-state index in [4.69, 9.17) is 10.5 Å². The van der Waals surface area contributed by atoms with E-state index in [1.807, 2.05) is 11.9 Å². The van der Waals surface area contributed by atoms with E-state index in [9.17, 15) is 4.79 Å². The van der Waals surface area contributed by atoms with Crippen LogP contribution in [0.2, 0.25) is 0 Å². The first-order valence-electron chi connectivity index (χ1n) is 5.36. The number of ether oxygens (including phenoxy) is 1. The number of nitrogens with two attached hydrogens (primary N) is 1. The monoisotopic (exact) mass is 215 g/mol. The van der Waals surface area contributed by atoms with Gasteiger partial charge in [-0.2, -0.15) is 0 Å². The second kappa shape index (κ2) is 6.05. The summed E-state index contributed by atoms with van der Waals surface area (Å²) < 4.78 is 4.97. The van der Waals surface area contributed by atoms with Crippen molar-refractivity contribution in [2.45, 2.75) is 24.9 Å². The van der Waals surface area contributed by atoms with Crippen LogP contribution < -0.4 is 11.1 Å². The van der Waals surface area contributed by atoms with Crippen LogP contribution in [0.3, 0.4) is 0 Å². The summed E-state index contributed by atoms with van der Waals surface area (Å²) in [5.74, 6) is -0.272. The fourth-order valence-corrected chi connectivity index (χ4v) is 1.41. The molecular formula is C10H21N3O2. The molecule has 0 radical (unpaired) electrons. The first-order valence-corrected chi connectivity index (χ1v) is 5.36. The number of likely N-dealkylation sites (N-methyl/N-ethyl adjacent to an activating group) is 1. The molecule has 15 heavy (non-hydrogen) atoms. The molecule has 0 heterocycles. The van der Waals surface area contributed by atoms with Gasteiger partial charge in [0.2, 0.25) is 5.91 Å². The SMILES string of the molecule is COCCN(C)CC(NC1CC1)C(N)=O. The Labute approximate surface area is 90.9 Å². The molecule has 0 spiro atoms. The van der Waals surface area contributed by atoms with Gasteiger partial charge in [-0.05, 0) is 19.9 Å². The number of rotatable bonds is 8. The van der Waals surface area contributed by atoms with E-state index < -0.39 is 0 Å². The molecule has 1 atom stereocenters. The Morgan fingerprint density at radius 1 is 1.67 bits per heavy atom. The second-order valence-corrected chi connectivity index (χ2v) is 4.15. The van der Waals surface area contributed by atoms with Crippen LogP contribution in [0.5, 0.6) is 0 Å². The van der Waals surface area contributed by atoms with E-state index in [1.165, 1.54) is 0 Å². The standard InChI is InChI=1S/C10H21N3O2/c1-13(5-6-15-2)7-9(10(11)14)12-8-3-4-8/h8-9,12H,3-7H2,1-2H3,(H2,11,14). The molecule has 88 valence electrons. The predicted molar refractivity (Wildman–Crippen MR) is 58.5 cm³/mol. The van der Waals surface area contributed by atoms with Crippen LogP contribution in [0.4, 0.5) is 0 Å². The molecule has 0 aromatic carbocycles. The smallest absolute Gasteiger partial charge is 0.235 e. The average Bonchev–Trinajstić information content (AvgIpc) is 2.97. The lowest BCUT2D eigenvalue weighted by Crippen LogP contribution is -2.49. The summed E-state index contributed by atoms with van der Waals surface area (Å²) in [5, 5.41) is 3.24. The largest absolute Gasteiger partial charge is 0.383 e. The number of hydrogen-bond acceptors (Lipinski definition) is 4. The zero-order chi connectivity index (χ0) is 11.3. The molecule has 0 aromatic rings. The van der Waals surface area contributed by atoms with Crippen LogP contribution in [-0.4, -0.2) is 56.7 Å². The third-order valence-corrected chi connectivity index (χ3v) is 2.53. The van der Waals surface area contributed by atoms with Crippen LogP contribution in [0.1, 0.15) is 12.8 Å². The topological polar surface area (TPSA) is 67.6 Å². The number of carbonyl (C=O) groups is 1. The van der Waals surface area contributed by atoms with E-state index in [2.05, 4.69) is 5.32 Å². The molecule has 0 aromatic heterocycles. The van der Waals surface area contributed by atoms with Gasteiger partial charge in [-0.25, -0.2) is 0 Å². The maximum absolute atomic E-state index is 11.2. The number of carbonyl (C=O) groups excluding carboxylic acids is 1. The highest BCUT2D eigenvalue weighted by Gasteiger charge is 2.27. The lowest BCUT2D eigenvalue weighted by Gasteiger charge is -2.22. The normalized spacial score (nSPS) is 18.1. The Hall–Kier alpha value is -0.650. The molecule has 1 aliphatic rings. The van der Waals surface area contributed by atoms with Crippen molar-refractivity contribution in [2.75, 3.05) is 33.9 Å². The van der Waals surface area contributed by atoms with Crippen molar-refractivity contribution in [1.82, 2.24) is 10.2 Å². The quantitative estimate of drug-likeness (QED) is 0.554. The second-order valence-electron chi connectivity index (χ2n) is 4.15. The van der Waals surface area contributed by atoms with E-state index >= 15 is 0 Å². The van der Waals surface area contributed by atoms with Gasteiger partial charge in [0.05, 0.1) is 12.6 Å². The number of hydrogen-bond donors (Lipinski definition) is 2. The lowest BCUT2D eigenvalue weighted by molar-refractivity contribution is -0.120. The van der Waals surface area contributed by atoms with Gasteiger partial charge in [-0.3, -0.25) is 4.79 Å². The van der Waals surface area contributed by atoms with E-state index in [-0.39, 0.29) is 11.9 Å². The Kier molecular flexibility index (Phi) is 5.01. The van der Waals surface area contributed by atoms with Gasteiger partial charge >= 0.3 is 0 Å². The minimum atomic E-state index is -0.272. The fourth-order valence-electron chi connectivity index (χ4n) is 1.41. The maximum atomic E-state index is 11.2. The van der Waals surface area contributed by atoms with Crippen LogP contribution in [0.15, 0.2) is 0 Å². The Morgan fingerprint density at radius 3 is 2.80 bits per heavy atom. The maximum Gasteiger partial charge on any atom is 0.235 e. The van der Waals surface area contributed by atoms with E-state index in [1.54, 1.807) is 7.11 Å². The molecule has 0 aliphatic heterocycles. The highest BCUT2D eigenvalue weighted by atomic mass is 16.5. The molecule has 1 fully saturated rings. The summed E-state index contributed by atoms with van der Waals surface area (Å²) >= 11 is 0. The Morgan fingerprint density at radius 2 is 2.33 bits per heavy atom. The number of methoxy groups -OCH3 is 1. The summed E-state index contributed by atoms with van der Waals surface area (Å²) in [7, 11) is 3.63. The number of nitrogens with one attached hydrogen (secondary N) is 1. The van der Waals surface area contributed by atoms with Crippen LogP contribution in [0, 0.1) is 0 Å². The van der Waals surface area contributed by atoms with Crippen LogP contribution >= 0.6 is 0 Å². The summed E-state index contributed by atoms with van der Waals surface area (Å²) in [5.41, 5.74) is 5.33. The molecule has 5 nitrogen and oxygen atoms in total. The van der Waals surface area contributed by atoms with Gasteiger partial charge in [-0.1, -0.05) is 0 Å². The third-order valence-electron chi connectivity index (χ3n) is 2.53. The van der Waals surface area contributed by atoms with Gasteiger partial charge < -0.3 is 20.7 Å². The lowest BCUT2D eigenvalue weighted by atomic mass is 10.2. The van der Waals surface area contributed by atoms with Crippen molar-refractivity contribution >= 4 is 5.91 Å². The third kappa shape index (κ3) is 5.11. The minimum Gasteiger partial charge on any atom is -0.383 e. The van der Waals surface area contributed by atoms with Gasteiger partial charge in [0.1, 0.15) is 0 Å². The van der Waals surface area contributed by atoms with Gasteiger partial charge in [-0.15, -0.1) is 0 Å². The van der Waals surface area contributed by atoms with Gasteiger partial charge in [0, 0.05) is 26.2 Å². The van der Waals surface area contributed by atoms with E-state index in [0.29, 0.717) is 19.2 Å². The molecule has 3 N–H and O–H groups in total. The van der Waals surface area contributed by atoms with Crippen LogP contribution in [-0.2, 0) is 9.53 Å². The zero-order valence-corrected chi connectivity index (χ0v) is 9.53. The van der Waals surface area contributed by atoms with Crippen LogP contribution in [0.25, 0.3) is 0 Å². The van der Waals surface area contributed by atoms with Gasteiger partial charge in [0.15, 0.2) is 0 Å². The van der Waals surface area contributed by atoms with Crippen molar-refractivity contribution in [3.63, 3.8) is 0 Å². The van der Waals surface area contributed by atoms with E-state index in [0.717, 1.165) is 19.4 Å². The van der Waals surface area contributed by atoms with Gasteiger partial charge in [0.25, 0.3) is 0 Å². The fraction of sp³-hybridized carbons (Fsp3) is 0.900. The summed E-state index contributed by atoms with van der Waals surface area (Å²) in [6, 6.07) is 0.262. The number of primary amides is 1. The minimum absolute atomic E-state index is 0.237. The highest BCUT2D eigenvalue weighted by molar-refractivity contribution is 5.80. The molecule has 0 saturated heterocycles. The summed E-state index contributed by atoms with van der Waals surface area (Å²) in [4.78, 5) is 13.2. The van der Waals surface area contributed by atoms with Crippen molar-refractivity contribution in [3.05, 3.63) is 0 Å². The van der Waals surface area contributed by atoms with Crippen molar-refractivity contribution < 1.29 is 9.53 Å². The number of amides is 1. The van der Waals surface area contributed by atoms with Crippen molar-refractivity contribution in [3.8, 4) is 0 Å². The predicted octanol–water partition coefficient (Wildman–Crippen LogP) is -0.829. The van der Waals surface area contributed by atoms with Crippen molar-refractivity contribution in [2.24, 2.45) is 5.73 Å². The zero-order valence-electron chi connectivity index (χ0n) is 9.53. The molecule has 5 heteroatoms. The molecule has 1 aliphatic carbocycles. The average molecular weight is 215 g/mol. The molecule has 1 unspecified atom stereocenters. The molecular weight excluding hydrogens is 194 g/mol.